The molecule has 3 N–H and O–H groups in total. The Morgan fingerprint density at radius 1 is 1.32 bits per heavy atom. The average molecular weight is 299 g/mol. The minimum Gasteiger partial charge on any atom is -0.470 e. The third kappa shape index (κ3) is 3.44. The lowest BCUT2D eigenvalue weighted by atomic mass is 10.1. The van der Waals surface area contributed by atoms with E-state index in [1.54, 1.807) is 6.20 Å². The van der Waals surface area contributed by atoms with E-state index in [4.69, 9.17) is 10.5 Å². The van der Waals surface area contributed by atoms with Crippen LogP contribution in [0.2, 0.25) is 0 Å². The molecule has 0 aromatic carbocycles. The van der Waals surface area contributed by atoms with Crippen LogP contribution in [0, 0.1) is 0 Å². The minimum absolute atomic E-state index is 0.112. The molecular weight excluding hydrogens is 278 g/mol. The number of ether oxygens (including phenoxy) is 1. The largest absolute Gasteiger partial charge is 0.470 e. The molecule has 22 heavy (non-hydrogen) atoms. The van der Waals surface area contributed by atoms with Crippen molar-refractivity contribution < 1.29 is 4.74 Å². The van der Waals surface area contributed by atoms with E-state index in [1.165, 1.54) is 6.33 Å². The van der Waals surface area contributed by atoms with Gasteiger partial charge >= 0.3 is 0 Å². The summed E-state index contributed by atoms with van der Waals surface area (Å²) in [6.45, 7) is 4.13. The van der Waals surface area contributed by atoms with Crippen LogP contribution < -0.4 is 15.8 Å². The predicted octanol–water partition coefficient (Wildman–Crippen LogP) is 2.43. The predicted molar refractivity (Wildman–Crippen MR) is 85.7 cm³/mol. The zero-order chi connectivity index (χ0) is 15.6. The summed E-state index contributed by atoms with van der Waals surface area (Å²) in [4.78, 5) is 12.7. The normalized spacial score (nSPS) is 16.8. The summed E-state index contributed by atoms with van der Waals surface area (Å²) in [5.41, 5.74) is 7.51. The van der Waals surface area contributed by atoms with Gasteiger partial charge in [0.05, 0.1) is 0 Å². The molecule has 1 fully saturated rings. The zero-order valence-corrected chi connectivity index (χ0v) is 12.9. The van der Waals surface area contributed by atoms with Gasteiger partial charge in [0, 0.05) is 24.4 Å². The molecule has 1 aliphatic carbocycles. The van der Waals surface area contributed by atoms with Crippen molar-refractivity contribution >= 4 is 11.5 Å². The van der Waals surface area contributed by atoms with Crippen molar-refractivity contribution in [1.82, 2.24) is 15.0 Å². The first-order valence-corrected chi connectivity index (χ1v) is 7.52. The number of rotatable bonds is 6. The number of nitrogens with two attached hydrogens (primary N) is 1. The molecule has 0 bridgehead atoms. The Hall–Kier alpha value is -2.37. The van der Waals surface area contributed by atoms with Crippen LogP contribution in [0.5, 0.6) is 5.88 Å². The fourth-order valence-corrected chi connectivity index (χ4v) is 2.20. The Balaban J connectivity index is 1.68. The van der Waals surface area contributed by atoms with Gasteiger partial charge in [-0.25, -0.2) is 4.98 Å². The van der Waals surface area contributed by atoms with Gasteiger partial charge in [-0.15, -0.1) is 0 Å². The van der Waals surface area contributed by atoms with Gasteiger partial charge in [-0.2, -0.15) is 4.98 Å². The number of hydrogen-bond acceptors (Lipinski definition) is 6. The fourth-order valence-electron chi connectivity index (χ4n) is 2.20. The third-order valence-electron chi connectivity index (χ3n) is 3.77. The molecule has 0 radical (unpaired) electrons. The second-order valence-electron chi connectivity index (χ2n) is 6.06. The Labute approximate surface area is 130 Å². The van der Waals surface area contributed by atoms with Crippen LogP contribution in [0.4, 0.5) is 11.5 Å². The zero-order valence-electron chi connectivity index (χ0n) is 12.9. The number of nitrogens with zero attached hydrogens (tertiary/aromatic N) is 3. The average Bonchev–Trinajstić information content (AvgIpc) is 3.22. The van der Waals surface area contributed by atoms with Gasteiger partial charge in [-0.1, -0.05) is 6.07 Å². The Kier molecular flexibility index (Phi) is 3.83. The molecule has 6 nitrogen and oxygen atoms in total. The van der Waals surface area contributed by atoms with E-state index in [1.807, 2.05) is 18.2 Å². The number of pyridine rings is 1. The van der Waals surface area contributed by atoms with E-state index in [0.29, 0.717) is 17.4 Å². The second-order valence-corrected chi connectivity index (χ2v) is 6.06. The first-order chi connectivity index (χ1) is 10.6. The molecule has 0 amide bonds. The number of aromatic nitrogens is 3. The van der Waals surface area contributed by atoms with Gasteiger partial charge in [0.1, 0.15) is 17.6 Å². The summed E-state index contributed by atoms with van der Waals surface area (Å²) >= 11 is 0. The van der Waals surface area contributed by atoms with E-state index in [2.05, 4.69) is 34.1 Å². The fraction of sp³-hybridized carbons (Fsp3) is 0.438. The monoisotopic (exact) mass is 299 g/mol. The summed E-state index contributed by atoms with van der Waals surface area (Å²) in [5.74, 6) is 1.07. The van der Waals surface area contributed by atoms with Crippen molar-refractivity contribution in [1.29, 1.82) is 0 Å². The van der Waals surface area contributed by atoms with Crippen LogP contribution in [0.15, 0.2) is 30.7 Å². The highest BCUT2D eigenvalue weighted by atomic mass is 16.5. The lowest BCUT2D eigenvalue weighted by Gasteiger charge is -2.18. The van der Waals surface area contributed by atoms with Crippen LogP contribution in [0.3, 0.4) is 0 Å². The lowest BCUT2D eigenvalue weighted by molar-refractivity contribution is 0.193. The van der Waals surface area contributed by atoms with Gasteiger partial charge in [-0.3, -0.25) is 4.98 Å². The van der Waals surface area contributed by atoms with Crippen molar-refractivity contribution in [3.63, 3.8) is 0 Å². The van der Waals surface area contributed by atoms with E-state index >= 15 is 0 Å². The van der Waals surface area contributed by atoms with E-state index in [9.17, 15) is 0 Å². The molecule has 1 saturated carbocycles. The number of nitrogen functional groups attached to an aromatic ring is 1. The summed E-state index contributed by atoms with van der Waals surface area (Å²) in [6, 6.07) is 6.04. The topological polar surface area (TPSA) is 86.0 Å². The van der Waals surface area contributed by atoms with Crippen LogP contribution >= 0.6 is 0 Å². The minimum atomic E-state index is -0.112. The van der Waals surface area contributed by atoms with Crippen molar-refractivity contribution in [2.45, 2.75) is 44.8 Å². The summed E-state index contributed by atoms with van der Waals surface area (Å²) in [7, 11) is 0. The summed E-state index contributed by atoms with van der Waals surface area (Å²) in [6.07, 6.45) is 6.14. The van der Waals surface area contributed by atoms with E-state index in [-0.39, 0.29) is 11.6 Å². The van der Waals surface area contributed by atoms with Crippen LogP contribution in [0.1, 0.15) is 32.4 Å². The molecule has 2 heterocycles. The van der Waals surface area contributed by atoms with Crippen LogP contribution in [-0.2, 0) is 6.42 Å². The maximum Gasteiger partial charge on any atom is 0.243 e. The summed E-state index contributed by atoms with van der Waals surface area (Å²) in [5, 5.41) is 3.31. The molecule has 1 unspecified atom stereocenters. The van der Waals surface area contributed by atoms with Crippen LogP contribution in [-0.4, -0.2) is 26.6 Å². The van der Waals surface area contributed by atoms with Crippen molar-refractivity contribution in [3.05, 3.63) is 36.4 Å². The number of nitrogens with one attached hydrogen (secondary N) is 1. The molecule has 0 aliphatic heterocycles. The maximum absolute atomic E-state index is 6.13. The first kappa shape index (κ1) is 14.6. The summed E-state index contributed by atoms with van der Waals surface area (Å²) < 4.78 is 5.86. The lowest BCUT2D eigenvalue weighted by Crippen LogP contribution is -2.21. The SMILES string of the molecule is CC(Cc1ccccn1)Nc1ncnc(OC2(C)CC2)c1N. The highest BCUT2D eigenvalue weighted by Crippen LogP contribution is 2.41. The Morgan fingerprint density at radius 3 is 2.82 bits per heavy atom. The maximum atomic E-state index is 6.13. The highest BCUT2D eigenvalue weighted by molar-refractivity contribution is 5.66. The highest BCUT2D eigenvalue weighted by Gasteiger charge is 2.41. The second kappa shape index (κ2) is 5.79. The molecule has 1 aliphatic rings. The standard InChI is InChI=1S/C16H21N5O/c1-11(9-12-5-3-4-8-18-12)21-14-13(17)15(20-10-19-14)22-16(2)6-7-16/h3-5,8,10-11H,6-7,9,17H2,1-2H3,(H,19,20,21). The van der Waals surface area contributed by atoms with Gasteiger partial charge in [0.15, 0.2) is 5.82 Å². The van der Waals surface area contributed by atoms with Crippen LogP contribution in [0.25, 0.3) is 0 Å². The quantitative estimate of drug-likeness (QED) is 0.852. The van der Waals surface area contributed by atoms with Crippen molar-refractivity contribution in [2.75, 3.05) is 11.1 Å². The van der Waals surface area contributed by atoms with Crippen molar-refractivity contribution in [2.24, 2.45) is 0 Å². The van der Waals surface area contributed by atoms with Gasteiger partial charge in [0.2, 0.25) is 5.88 Å². The molecule has 116 valence electrons. The van der Waals surface area contributed by atoms with E-state index < -0.39 is 0 Å². The Morgan fingerprint density at radius 2 is 2.14 bits per heavy atom. The molecule has 6 heteroatoms. The van der Waals surface area contributed by atoms with E-state index in [0.717, 1.165) is 25.0 Å². The molecule has 3 rings (SSSR count). The smallest absolute Gasteiger partial charge is 0.243 e. The molecule has 1 atom stereocenters. The van der Waals surface area contributed by atoms with Crippen molar-refractivity contribution in [3.8, 4) is 5.88 Å². The van der Waals surface area contributed by atoms with Gasteiger partial charge in [-0.05, 0) is 38.8 Å². The third-order valence-corrected chi connectivity index (χ3v) is 3.77. The molecule has 2 aromatic rings. The Bertz CT molecular complexity index is 642. The van der Waals surface area contributed by atoms with Gasteiger partial charge in [0.25, 0.3) is 0 Å². The van der Waals surface area contributed by atoms with Gasteiger partial charge < -0.3 is 15.8 Å². The first-order valence-electron chi connectivity index (χ1n) is 7.52. The number of hydrogen-bond donors (Lipinski definition) is 2. The molecule has 0 saturated heterocycles. The number of anilines is 2. The molecular formula is C16H21N5O. The molecule has 2 aromatic heterocycles. The molecule has 0 spiro atoms.